The third-order valence-corrected chi connectivity index (χ3v) is 2.77. The average Bonchev–Trinajstić information content (AvgIpc) is 2.76. The number of halogens is 1. The van der Waals surface area contributed by atoms with Crippen LogP contribution in [0.5, 0.6) is 0 Å². The zero-order valence-electron chi connectivity index (χ0n) is 8.60. The Labute approximate surface area is 103 Å². The molecule has 2 heterocycles. The van der Waals surface area contributed by atoms with E-state index in [0.29, 0.717) is 18.0 Å². The van der Waals surface area contributed by atoms with Gasteiger partial charge in [0.1, 0.15) is 16.6 Å². The average molecular weight is 259 g/mol. The topological polar surface area (TPSA) is 69.1 Å². The number of hydrogen-bond acceptors (Lipinski definition) is 5. The van der Waals surface area contributed by atoms with Gasteiger partial charge in [0.2, 0.25) is 0 Å². The summed E-state index contributed by atoms with van der Waals surface area (Å²) in [5.74, 6) is 1.57. The number of rotatable bonds is 3. The third kappa shape index (κ3) is 2.84. The van der Waals surface area contributed by atoms with Crippen molar-refractivity contribution in [3.63, 3.8) is 0 Å². The highest BCUT2D eigenvalue weighted by molar-refractivity contribution is 7.10. The standard InChI is InChI=1S/C10H10N2O2S.ClH/c1-6(13)8-3-2-7(14-8)4-10-12-9(11)5-15-10;/h2-3,5H,4,11H2,1H3;1H. The maximum atomic E-state index is 11.0. The minimum atomic E-state index is -0.0695. The molecule has 2 N–H and O–H groups in total. The van der Waals surface area contributed by atoms with Crippen molar-refractivity contribution < 1.29 is 9.21 Å². The number of anilines is 1. The molecule has 0 radical (unpaired) electrons. The summed E-state index contributed by atoms with van der Waals surface area (Å²) >= 11 is 1.48. The molecule has 86 valence electrons. The molecule has 0 saturated carbocycles. The van der Waals surface area contributed by atoms with Crippen LogP contribution < -0.4 is 5.73 Å². The molecular weight excluding hydrogens is 248 g/mol. The van der Waals surface area contributed by atoms with Crippen LogP contribution in [0.4, 0.5) is 5.82 Å². The summed E-state index contributed by atoms with van der Waals surface area (Å²) in [5, 5.41) is 2.67. The number of Topliss-reactive ketones (excluding diaryl/α,β-unsaturated/α-hetero) is 1. The molecule has 2 aromatic heterocycles. The van der Waals surface area contributed by atoms with Crippen molar-refractivity contribution in [2.24, 2.45) is 0 Å². The molecule has 6 heteroatoms. The van der Waals surface area contributed by atoms with E-state index in [1.54, 1.807) is 17.5 Å². The largest absolute Gasteiger partial charge is 0.458 e. The van der Waals surface area contributed by atoms with E-state index in [-0.39, 0.29) is 18.2 Å². The monoisotopic (exact) mass is 258 g/mol. The van der Waals surface area contributed by atoms with E-state index in [0.717, 1.165) is 10.8 Å². The number of furan rings is 1. The molecule has 0 amide bonds. The fourth-order valence-electron chi connectivity index (χ4n) is 1.22. The maximum absolute atomic E-state index is 11.0. The third-order valence-electron chi connectivity index (χ3n) is 1.90. The number of nitrogens with two attached hydrogens (primary N) is 1. The minimum absolute atomic E-state index is 0. The van der Waals surface area contributed by atoms with Crippen LogP contribution in [0.3, 0.4) is 0 Å². The minimum Gasteiger partial charge on any atom is -0.458 e. The lowest BCUT2D eigenvalue weighted by molar-refractivity contribution is 0.0985. The molecule has 0 aromatic carbocycles. The van der Waals surface area contributed by atoms with E-state index in [2.05, 4.69) is 4.98 Å². The summed E-state index contributed by atoms with van der Waals surface area (Å²) in [5.41, 5.74) is 5.50. The van der Waals surface area contributed by atoms with Crippen LogP contribution in [0.1, 0.15) is 28.2 Å². The van der Waals surface area contributed by atoms with Crippen LogP contribution in [0.25, 0.3) is 0 Å². The molecule has 2 aromatic rings. The Bertz CT molecular complexity index is 492. The van der Waals surface area contributed by atoms with Crippen molar-refractivity contribution in [1.29, 1.82) is 0 Å². The Balaban J connectivity index is 0.00000128. The van der Waals surface area contributed by atoms with E-state index >= 15 is 0 Å². The van der Waals surface area contributed by atoms with Crippen molar-refractivity contribution in [2.75, 3.05) is 5.73 Å². The second-order valence-electron chi connectivity index (χ2n) is 3.17. The zero-order valence-corrected chi connectivity index (χ0v) is 10.2. The summed E-state index contributed by atoms with van der Waals surface area (Å²) in [6, 6.07) is 3.46. The fourth-order valence-corrected chi connectivity index (χ4v) is 1.91. The van der Waals surface area contributed by atoms with Crippen molar-refractivity contribution in [3.8, 4) is 0 Å². The number of aromatic nitrogens is 1. The number of carbonyl (C=O) groups excluding carboxylic acids is 1. The molecule has 0 fully saturated rings. The van der Waals surface area contributed by atoms with E-state index in [9.17, 15) is 4.79 Å². The quantitative estimate of drug-likeness (QED) is 0.859. The summed E-state index contributed by atoms with van der Waals surface area (Å²) in [7, 11) is 0. The van der Waals surface area contributed by atoms with Gasteiger partial charge in [0, 0.05) is 12.3 Å². The molecule has 0 aliphatic heterocycles. The summed E-state index contributed by atoms with van der Waals surface area (Å²) in [4.78, 5) is 15.1. The fraction of sp³-hybridized carbons (Fsp3) is 0.200. The SMILES string of the molecule is CC(=O)c1ccc(Cc2nc(N)cs2)o1.Cl. The smallest absolute Gasteiger partial charge is 0.194 e. The van der Waals surface area contributed by atoms with Gasteiger partial charge in [-0.05, 0) is 12.1 Å². The summed E-state index contributed by atoms with van der Waals surface area (Å²) in [6.45, 7) is 1.48. The van der Waals surface area contributed by atoms with Crippen LogP contribution >= 0.6 is 23.7 Å². The number of nitrogen functional groups attached to an aromatic ring is 1. The van der Waals surface area contributed by atoms with Crippen LogP contribution in [0.2, 0.25) is 0 Å². The van der Waals surface area contributed by atoms with Gasteiger partial charge in [0.05, 0.1) is 6.42 Å². The normalized spacial score (nSPS) is 9.81. The van der Waals surface area contributed by atoms with E-state index in [1.165, 1.54) is 18.3 Å². The van der Waals surface area contributed by atoms with E-state index < -0.39 is 0 Å². The number of carbonyl (C=O) groups is 1. The first kappa shape index (κ1) is 12.7. The van der Waals surface area contributed by atoms with Gasteiger partial charge in [0.15, 0.2) is 11.5 Å². The molecule has 0 atom stereocenters. The van der Waals surface area contributed by atoms with Crippen molar-refractivity contribution in [2.45, 2.75) is 13.3 Å². The van der Waals surface area contributed by atoms with Gasteiger partial charge < -0.3 is 10.2 Å². The molecule has 0 bridgehead atoms. The van der Waals surface area contributed by atoms with Crippen molar-refractivity contribution >= 4 is 35.3 Å². The van der Waals surface area contributed by atoms with Crippen LogP contribution in [0, 0.1) is 0 Å². The van der Waals surface area contributed by atoms with E-state index in [1.807, 2.05) is 0 Å². The molecule has 0 aliphatic rings. The summed E-state index contributed by atoms with van der Waals surface area (Å²) in [6.07, 6.45) is 0.579. The Hall–Kier alpha value is -1.33. The van der Waals surface area contributed by atoms with Crippen LogP contribution in [-0.2, 0) is 6.42 Å². The van der Waals surface area contributed by atoms with E-state index in [4.69, 9.17) is 10.2 Å². The lowest BCUT2D eigenvalue weighted by atomic mass is 10.3. The lowest BCUT2D eigenvalue weighted by Gasteiger charge is -1.91. The first-order valence-electron chi connectivity index (χ1n) is 4.44. The predicted molar refractivity (Wildman–Crippen MR) is 65.3 cm³/mol. The second-order valence-corrected chi connectivity index (χ2v) is 4.11. The second kappa shape index (κ2) is 5.14. The molecule has 0 aliphatic carbocycles. The Morgan fingerprint density at radius 3 is 2.81 bits per heavy atom. The highest BCUT2D eigenvalue weighted by atomic mass is 35.5. The molecule has 0 spiro atoms. The first-order chi connectivity index (χ1) is 7.15. The van der Waals surface area contributed by atoms with Crippen LogP contribution in [0.15, 0.2) is 21.9 Å². The van der Waals surface area contributed by atoms with Crippen molar-refractivity contribution in [3.05, 3.63) is 34.0 Å². The van der Waals surface area contributed by atoms with Gasteiger partial charge in [-0.2, -0.15) is 0 Å². The van der Waals surface area contributed by atoms with Gasteiger partial charge in [0.25, 0.3) is 0 Å². The van der Waals surface area contributed by atoms with Gasteiger partial charge in [-0.1, -0.05) is 0 Å². The van der Waals surface area contributed by atoms with Gasteiger partial charge in [-0.25, -0.2) is 4.98 Å². The molecule has 16 heavy (non-hydrogen) atoms. The molecule has 0 unspecified atom stereocenters. The Morgan fingerprint density at radius 1 is 1.56 bits per heavy atom. The Morgan fingerprint density at radius 2 is 2.31 bits per heavy atom. The molecular formula is C10H11ClN2O2S. The molecule has 2 rings (SSSR count). The predicted octanol–water partition coefficient (Wildman–Crippen LogP) is 2.53. The number of ketones is 1. The highest BCUT2D eigenvalue weighted by Gasteiger charge is 2.08. The first-order valence-corrected chi connectivity index (χ1v) is 5.32. The number of hydrogen-bond donors (Lipinski definition) is 1. The van der Waals surface area contributed by atoms with Gasteiger partial charge in [-0.15, -0.1) is 23.7 Å². The zero-order chi connectivity index (χ0) is 10.8. The van der Waals surface area contributed by atoms with Gasteiger partial charge >= 0.3 is 0 Å². The molecule has 0 saturated heterocycles. The number of nitrogens with zero attached hydrogens (tertiary/aromatic N) is 1. The summed E-state index contributed by atoms with van der Waals surface area (Å²) < 4.78 is 5.33. The maximum Gasteiger partial charge on any atom is 0.194 e. The van der Waals surface area contributed by atoms with Gasteiger partial charge in [-0.3, -0.25) is 4.79 Å². The Kier molecular flexibility index (Phi) is 4.09. The van der Waals surface area contributed by atoms with Crippen LogP contribution in [-0.4, -0.2) is 10.8 Å². The highest BCUT2D eigenvalue weighted by Crippen LogP contribution is 2.17. The number of thiazole rings is 1. The lowest BCUT2D eigenvalue weighted by Crippen LogP contribution is -1.89. The van der Waals surface area contributed by atoms with Crippen molar-refractivity contribution in [1.82, 2.24) is 4.98 Å². The molecule has 4 nitrogen and oxygen atoms in total.